The first-order valence-corrected chi connectivity index (χ1v) is 23.4. The average Bonchev–Trinajstić information content (AvgIpc) is 2.71. The van der Waals surface area contributed by atoms with Crippen molar-refractivity contribution in [3.8, 4) is 10.6 Å². The molecule has 0 saturated heterocycles. The molecule has 28 heavy (non-hydrogen) atoms. The van der Waals surface area contributed by atoms with Crippen LogP contribution in [0.25, 0.3) is 20.8 Å². The minimum absolute atomic E-state index is 0.530. The summed E-state index contributed by atoms with van der Waals surface area (Å²) in [4.78, 5) is 6.11. The fraction of sp³-hybridized carbons (Fsp3) is 0.455. The number of nitrogens with zero attached hydrogens (tertiary/aromatic N) is 2. The number of para-hydroxylation sites is 1. The molecule has 1 aliphatic heterocycles. The molecule has 3 rings (SSSR count). The zero-order valence-electron chi connectivity index (χ0n) is 16.6. The molecule has 0 unspecified atom stereocenters. The predicted molar refractivity (Wildman–Crippen MR) is 138 cm³/mol. The van der Waals surface area contributed by atoms with Crippen LogP contribution in [0, 0.1) is 0 Å². The maximum atomic E-state index is 4.82. The summed E-state index contributed by atoms with van der Waals surface area (Å²) in [6, 6.07) is 15.2. The van der Waals surface area contributed by atoms with E-state index in [2.05, 4.69) is 98.1 Å². The number of hydrogen-bond acceptors (Lipinski definition) is 2. The van der Waals surface area contributed by atoms with E-state index in [0.29, 0.717) is 13.3 Å². The van der Waals surface area contributed by atoms with E-state index in [9.17, 15) is 0 Å². The number of rotatable bonds is 8. The van der Waals surface area contributed by atoms with Gasteiger partial charge < -0.3 is 0 Å². The van der Waals surface area contributed by atoms with E-state index in [1.807, 2.05) is 11.3 Å². The Morgan fingerprint density at radius 2 is 1.57 bits per heavy atom. The molecule has 1 aromatic carbocycles. The Balaban J connectivity index is 0.000000878. The Bertz CT molecular complexity index is 867. The van der Waals surface area contributed by atoms with Gasteiger partial charge in [0.2, 0.25) is 5.36 Å². The van der Waals surface area contributed by atoms with Crippen LogP contribution < -0.4 is 23.2 Å². The average molecular weight is 734 g/mol. The fourth-order valence-corrected chi connectivity index (χ4v) is 4.23. The third kappa shape index (κ3) is 7.94. The first kappa shape index (κ1) is 24.7. The van der Waals surface area contributed by atoms with Crippen LogP contribution in [0.2, 0.25) is 0 Å². The third-order valence-corrected chi connectivity index (χ3v) is 5.81. The molecule has 0 aromatic heterocycles. The van der Waals surface area contributed by atoms with Gasteiger partial charge in [-0.2, -0.15) is 0 Å². The van der Waals surface area contributed by atoms with Crippen molar-refractivity contribution in [3.05, 3.63) is 47.8 Å². The number of hydrogen-bond donors (Lipinski definition) is 0. The third-order valence-electron chi connectivity index (χ3n) is 4.70. The summed E-state index contributed by atoms with van der Waals surface area (Å²) in [7, 11) is 0. The number of unbranched alkanes of at least 4 members (excludes halogenated alkanes) is 4. The molecule has 0 spiro atoms. The van der Waals surface area contributed by atoms with Gasteiger partial charge in [0.25, 0.3) is 0 Å². The van der Waals surface area contributed by atoms with Crippen LogP contribution >= 0.6 is 48.6 Å². The molecule has 0 N–H and O–H groups in total. The Kier molecular flexibility index (Phi) is 12.8. The van der Waals surface area contributed by atoms with Gasteiger partial charge >= 0.3 is 50.5 Å². The van der Waals surface area contributed by atoms with Crippen LogP contribution in [0.15, 0.2) is 42.5 Å². The molecule has 0 radical (unpaired) electrons. The fourth-order valence-electron chi connectivity index (χ4n) is 3.23. The first-order valence-electron chi connectivity index (χ1n) is 9.98. The van der Waals surface area contributed by atoms with E-state index in [-0.39, 0.29) is 0 Å². The van der Waals surface area contributed by atoms with Gasteiger partial charge in [0.05, 0.1) is 20.8 Å². The van der Waals surface area contributed by atoms with Crippen molar-refractivity contribution in [1.82, 2.24) is 9.56 Å². The Hall–Kier alpha value is 0.450. The summed E-state index contributed by atoms with van der Waals surface area (Å²) in [5.74, 6) is 0. The minimum atomic E-state index is 0.530. The zero-order valence-corrected chi connectivity index (χ0v) is 23.9. The molecular weight excluding hydrogens is 705 g/mol. The second-order valence-electron chi connectivity index (χ2n) is 6.79. The van der Waals surface area contributed by atoms with Crippen molar-refractivity contribution in [1.29, 1.82) is 0 Å². The molecule has 154 valence electrons. The molecule has 0 fully saturated rings. The van der Waals surface area contributed by atoms with E-state index in [1.54, 1.807) is 0 Å². The van der Waals surface area contributed by atoms with E-state index in [0.717, 1.165) is 24.3 Å². The molecular formula is C22H29I3N2S. The van der Waals surface area contributed by atoms with Gasteiger partial charge in [-0.15, -0.1) is 11.3 Å². The van der Waals surface area contributed by atoms with Crippen LogP contribution in [0.3, 0.4) is 0 Å². The van der Waals surface area contributed by atoms with Gasteiger partial charge in [-0.3, -0.25) is 0 Å². The summed E-state index contributed by atoms with van der Waals surface area (Å²) >= 11 is 7.15. The maximum absolute atomic E-state index is 4.82. The molecule has 0 amide bonds. The Labute approximate surface area is 203 Å². The standard InChI is InChI=1S/C22H29N2S.I3/c1-3-5-9-15-24(16-10-6-4-2)18-13-14-20-22(17-18)25-21-12-8-7-11-19(21)23-20;1-3-2/h7-8,11-14,17H,3-6,9-10,15-16H2,1-2H3;/q+1;-1. The summed E-state index contributed by atoms with van der Waals surface area (Å²) in [6.07, 6.45) is 7.73. The number of benzene rings is 2. The van der Waals surface area contributed by atoms with E-state index >= 15 is 0 Å². The van der Waals surface area contributed by atoms with Gasteiger partial charge in [0.1, 0.15) is 13.1 Å². The van der Waals surface area contributed by atoms with Crippen molar-refractivity contribution < 1.29 is 13.3 Å². The van der Waals surface area contributed by atoms with Crippen LogP contribution in [0.4, 0.5) is 0 Å². The molecule has 0 bridgehead atoms. The van der Waals surface area contributed by atoms with Crippen molar-refractivity contribution in [2.45, 2.75) is 52.4 Å². The normalized spacial score (nSPS) is 10.9. The summed E-state index contributed by atoms with van der Waals surface area (Å²) in [5.41, 5.74) is 2.20. The van der Waals surface area contributed by atoms with E-state index < -0.39 is 0 Å². The van der Waals surface area contributed by atoms with Crippen molar-refractivity contribution in [2.75, 3.05) is 13.1 Å². The van der Waals surface area contributed by atoms with E-state index in [1.165, 1.54) is 53.5 Å². The summed E-state index contributed by atoms with van der Waals surface area (Å²) in [5, 5.41) is 1.35. The van der Waals surface area contributed by atoms with E-state index in [4.69, 9.17) is 4.98 Å². The topological polar surface area (TPSA) is 15.9 Å². The second kappa shape index (κ2) is 14.5. The molecule has 1 aliphatic carbocycles. The van der Waals surface area contributed by atoms with Crippen LogP contribution in [-0.2, 0) is 0 Å². The molecule has 6 heteroatoms. The van der Waals surface area contributed by atoms with Gasteiger partial charge in [-0.1, -0.05) is 38.8 Å². The van der Waals surface area contributed by atoms with Crippen molar-refractivity contribution in [2.24, 2.45) is 0 Å². The van der Waals surface area contributed by atoms with Crippen LogP contribution in [-0.4, -0.2) is 18.1 Å². The molecule has 1 heterocycles. The Morgan fingerprint density at radius 3 is 2.21 bits per heavy atom. The molecule has 2 aliphatic rings. The number of fused-ring (bicyclic) bond motifs is 2. The van der Waals surface area contributed by atoms with Gasteiger partial charge in [-0.25, -0.2) is 9.56 Å². The van der Waals surface area contributed by atoms with Crippen LogP contribution in [0.5, 0.6) is 0 Å². The van der Waals surface area contributed by atoms with Gasteiger partial charge in [-0.05, 0) is 31.0 Å². The second-order valence-corrected chi connectivity index (χ2v) is 24.1. The quantitative estimate of drug-likeness (QED) is 0.146. The zero-order chi connectivity index (χ0) is 20.2. The molecule has 1 aromatic rings. The van der Waals surface area contributed by atoms with Crippen LogP contribution in [0.1, 0.15) is 52.4 Å². The summed E-state index contributed by atoms with van der Waals surface area (Å²) in [6.45, 7) is 6.87. The SMILES string of the molecule is CCCCC[N+](CCCCC)=c1ccc2nc3ccccc3sc-2c1.I[I-]I. The Morgan fingerprint density at radius 1 is 0.929 bits per heavy atom. The van der Waals surface area contributed by atoms with Crippen molar-refractivity contribution >= 4 is 58.8 Å². The molecule has 0 atom stereocenters. The van der Waals surface area contributed by atoms with Gasteiger partial charge in [0.15, 0.2) is 0 Å². The predicted octanol–water partition coefficient (Wildman–Crippen LogP) is 4.33. The number of halogens is 3. The molecule has 0 saturated carbocycles. The van der Waals surface area contributed by atoms with Crippen molar-refractivity contribution in [3.63, 3.8) is 0 Å². The first-order chi connectivity index (χ1) is 13.7. The molecule has 2 nitrogen and oxygen atoms in total. The van der Waals surface area contributed by atoms with Gasteiger partial charge in [0, 0.05) is 25.0 Å². The summed E-state index contributed by atoms with van der Waals surface area (Å²) < 4.78 is 3.84. The monoisotopic (exact) mass is 734 g/mol. The number of aromatic nitrogens is 1.